The van der Waals surface area contributed by atoms with Gasteiger partial charge in [0.15, 0.2) is 0 Å². The average Bonchev–Trinajstić information content (AvgIpc) is 3.30. The molecule has 1 saturated carbocycles. The first kappa shape index (κ1) is 17.8. The number of nitrogens with one attached hydrogen (secondary N) is 1. The van der Waals surface area contributed by atoms with Crippen LogP contribution in [0.15, 0.2) is 24.3 Å². The second kappa shape index (κ2) is 8.25. The summed E-state index contributed by atoms with van der Waals surface area (Å²) < 4.78 is 5.15. The number of carbonyl (C=O) groups is 1. The van der Waals surface area contributed by atoms with E-state index in [-0.39, 0.29) is 24.4 Å². The van der Waals surface area contributed by atoms with E-state index in [9.17, 15) is 4.79 Å². The van der Waals surface area contributed by atoms with Crippen LogP contribution in [0.2, 0.25) is 0 Å². The Labute approximate surface area is 133 Å². The Morgan fingerprint density at radius 3 is 2.52 bits per heavy atom. The summed E-state index contributed by atoms with van der Waals surface area (Å²) in [7, 11) is 3.51. The first-order valence-electron chi connectivity index (χ1n) is 7.22. The van der Waals surface area contributed by atoms with Crippen LogP contribution in [0, 0.1) is 5.92 Å². The van der Waals surface area contributed by atoms with Gasteiger partial charge < -0.3 is 15.0 Å². The van der Waals surface area contributed by atoms with E-state index in [1.165, 1.54) is 12.8 Å². The van der Waals surface area contributed by atoms with Gasteiger partial charge in [0, 0.05) is 7.05 Å². The Morgan fingerprint density at radius 1 is 1.38 bits per heavy atom. The van der Waals surface area contributed by atoms with Gasteiger partial charge in [-0.05, 0) is 49.9 Å². The van der Waals surface area contributed by atoms with Crippen molar-refractivity contribution in [2.24, 2.45) is 5.92 Å². The van der Waals surface area contributed by atoms with Crippen molar-refractivity contribution in [2.75, 3.05) is 27.2 Å². The Morgan fingerprint density at radius 2 is 2.00 bits per heavy atom. The second-order valence-electron chi connectivity index (χ2n) is 5.53. The molecule has 1 fully saturated rings. The minimum Gasteiger partial charge on any atom is -0.497 e. The van der Waals surface area contributed by atoms with Crippen molar-refractivity contribution in [3.05, 3.63) is 29.8 Å². The summed E-state index contributed by atoms with van der Waals surface area (Å²) in [5, 5.41) is 3.24. The monoisotopic (exact) mass is 312 g/mol. The maximum atomic E-state index is 12.1. The number of nitrogens with zero attached hydrogens (tertiary/aromatic N) is 1. The fourth-order valence-electron chi connectivity index (χ4n) is 2.15. The SMILES string of the molecule is COc1ccc(C(C)N(C)C(=O)CNCC2CC2)cc1.Cl. The lowest BCUT2D eigenvalue weighted by Crippen LogP contribution is -2.37. The lowest BCUT2D eigenvalue weighted by molar-refractivity contribution is -0.130. The van der Waals surface area contributed by atoms with Crippen LogP contribution < -0.4 is 10.1 Å². The molecule has 118 valence electrons. The molecule has 5 heteroatoms. The number of likely N-dealkylation sites (N-methyl/N-ethyl adjacent to an activating group) is 1. The van der Waals surface area contributed by atoms with Gasteiger partial charge in [0.05, 0.1) is 19.7 Å². The molecule has 0 saturated heterocycles. The van der Waals surface area contributed by atoms with E-state index in [1.54, 1.807) is 12.0 Å². The Bertz CT molecular complexity index is 446. The van der Waals surface area contributed by atoms with E-state index in [0.29, 0.717) is 6.54 Å². The quantitative estimate of drug-likeness (QED) is 0.841. The summed E-state index contributed by atoms with van der Waals surface area (Å²) in [6.45, 7) is 3.44. The number of hydrogen-bond acceptors (Lipinski definition) is 3. The van der Waals surface area contributed by atoms with Gasteiger partial charge in [-0.2, -0.15) is 0 Å². The lowest BCUT2D eigenvalue weighted by atomic mass is 10.1. The number of hydrogen-bond donors (Lipinski definition) is 1. The zero-order chi connectivity index (χ0) is 14.5. The summed E-state index contributed by atoms with van der Waals surface area (Å²) in [5.74, 6) is 1.77. The number of rotatable bonds is 7. The van der Waals surface area contributed by atoms with Gasteiger partial charge in [0.1, 0.15) is 5.75 Å². The Hall–Kier alpha value is -1.26. The maximum Gasteiger partial charge on any atom is 0.236 e. The molecule has 0 aromatic heterocycles. The van der Waals surface area contributed by atoms with Crippen LogP contribution in [0.25, 0.3) is 0 Å². The van der Waals surface area contributed by atoms with Crippen molar-refractivity contribution in [1.82, 2.24) is 10.2 Å². The van der Waals surface area contributed by atoms with Crippen LogP contribution in [-0.2, 0) is 4.79 Å². The van der Waals surface area contributed by atoms with E-state index in [4.69, 9.17) is 4.74 Å². The second-order valence-corrected chi connectivity index (χ2v) is 5.53. The van der Waals surface area contributed by atoms with Crippen LogP contribution in [-0.4, -0.2) is 38.1 Å². The minimum atomic E-state index is 0. The lowest BCUT2D eigenvalue weighted by Gasteiger charge is -2.25. The molecule has 1 N–H and O–H groups in total. The van der Waals surface area contributed by atoms with Crippen LogP contribution in [0.3, 0.4) is 0 Å². The summed E-state index contributed by atoms with van der Waals surface area (Å²) in [6, 6.07) is 7.93. The molecule has 1 unspecified atom stereocenters. The molecule has 0 heterocycles. The molecule has 0 radical (unpaired) electrons. The molecule has 4 nitrogen and oxygen atoms in total. The van der Waals surface area contributed by atoms with E-state index < -0.39 is 0 Å². The standard InChI is InChI=1S/C16H24N2O2.ClH/c1-12(14-6-8-15(20-3)9-7-14)18(2)16(19)11-17-10-13-4-5-13;/h6-9,12-13,17H,4-5,10-11H2,1-3H3;1H. The Kier molecular flexibility index (Phi) is 6.99. The molecule has 1 aliphatic rings. The number of halogens is 1. The van der Waals surface area contributed by atoms with E-state index in [0.717, 1.165) is 23.8 Å². The van der Waals surface area contributed by atoms with Crippen LogP contribution in [0.4, 0.5) is 0 Å². The molecule has 1 aromatic rings. The highest BCUT2D eigenvalue weighted by atomic mass is 35.5. The van der Waals surface area contributed by atoms with Crippen molar-refractivity contribution < 1.29 is 9.53 Å². The van der Waals surface area contributed by atoms with Crippen molar-refractivity contribution in [2.45, 2.75) is 25.8 Å². The largest absolute Gasteiger partial charge is 0.497 e. The van der Waals surface area contributed by atoms with Gasteiger partial charge >= 0.3 is 0 Å². The summed E-state index contributed by atoms with van der Waals surface area (Å²) in [4.78, 5) is 13.9. The summed E-state index contributed by atoms with van der Waals surface area (Å²) in [6.07, 6.45) is 2.61. The third kappa shape index (κ3) is 5.21. The van der Waals surface area contributed by atoms with Gasteiger partial charge in [-0.3, -0.25) is 4.79 Å². The smallest absolute Gasteiger partial charge is 0.236 e. The van der Waals surface area contributed by atoms with Gasteiger partial charge in [-0.25, -0.2) is 0 Å². The van der Waals surface area contributed by atoms with Crippen molar-refractivity contribution in [3.63, 3.8) is 0 Å². The highest BCUT2D eigenvalue weighted by Crippen LogP contribution is 2.27. The van der Waals surface area contributed by atoms with Crippen LogP contribution >= 0.6 is 12.4 Å². The predicted molar refractivity (Wildman–Crippen MR) is 87.0 cm³/mol. The van der Waals surface area contributed by atoms with Crippen molar-refractivity contribution in [3.8, 4) is 5.75 Å². The minimum absolute atomic E-state index is 0. The molecule has 0 aliphatic heterocycles. The molecule has 1 atom stereocenters. The molecule has 1 aromatic carbocycles. The maximum absolute atomic E-state index is 12.1. The van der Waals surface area contributed by atoms with Gasteiger partial charge in [0.25, 0.3) is 0 Å². The van der Waals surface area contributed by atoms with E-state index in [2.05, 4.69) is 5.32 Å². The topological polar surface area (TPSA) is 41.6 Å². The Balaban J connectivity index is 0.00000220. The van der Waals surface area contributed by atoms with Gasteiger partial charge in [-0.15, -0.1) is 12.4 Å². The molecule has 0 spiro atoms. The van der Waals surface area contributed by atoms with Crippen LogP contribution in [0.1, 0.15) is 31.4 Å². The number of amides is 1. The molecule has 21 heavy (non-hydrogen) atoms. The number of carbonyl (C=O) groups excluding carboxylic acids is 1. The first-order valence-corrected chi connectivity index (χ1v) is 7.22. The zero-order valence-corrected chi connectivity index (χ0v) is 13.8. The van der Waals surface area contributed by atoms with Crippen molar-refractivity contribution in [1.29, 1.82) is 0 Å². The fourth-order valence-corrected chi connectivity index (χ4v) is 2.15. The van der Waals surface area contributed by atoms with Gasteiger partial charge in [0.2, 0.25) is 5.91 Å². The highest BCUT2D eigenvalue weighted by molar-refractivity contribution is 5.85. The number of benzene rings is 1. The molecule has 1 aliphatic carbocycles. The molecular formula is C16H25ClN2O2. The zero-order valence-electron chi connectivity index (χ0n) is 13.0. The predicted octanol–water partition coefficient (Wildman–Crippen LogP) is 2.64. The fraction of sp³-hybridized carbons (Fsp3) is 0.562. The normalized spacial score (nSPS) is 15.0. The molecule has 1 amide bonds. The molecular weight excluding hydrogens is 288 g/mol. The third-order valence-corrected chi connectivity index (χ3v) is 3.98. The highest BCUT2D eigenvalue weighted by Gasteiger charge is 2.22. The van der Waals surface area contributed by atoms with Gasteiger partial charge in [-0.1, -0.05) is 12.1 Å². The number of ether oxygens (including phenoxy) is 1. The molecule has 2 rings (SSSR count). The first-order chi connectivity index (χ1) is 9.61. The summed E-state index contributed by atoms with van der Waals surface area (Å²) >= 11 is 0. The third-order valence-electron chi connectivity index (χ3n) is 3.98. The average molecular weight is 313 g/mol. The van der Waals surface area contributed by atoms with E-state index in [1.807, 2.05) is 38.2 Å². The number of methoxy groups -OCH3 is 1. The molecule has 0 bridgehead atoms. The van der Waals surface area contributed by atoms with E-state index >= 15 is 0 Å². The van der Waals surface area contributed by atoms with Crippen molar-refractivity contribution >= 4 is 18.3 Å². The van der Waals surface area contributed by atoms with Crippen LogP contribution in [0.5, 0.6) is 5.75 Å². The summed E-state index contributed by atoms with van der Waals surface area (Å²) in [5.41, 5.74) is 1.11.